The van der Waals surface area contributed by atoms with Crippen molar-refractivity contribution in [3.8, 4) is 11.5 Å². The molecular weight excluding hydrogens is 326 g/mol. The van der Waals surface area contributed by atoms with E-state index >= 15 is 0 Å². The van der Waals surface area contributed by atoms with Crippen LogP contribution in [-0.2, 0) is 21.4 Å². The molecule has 25 heavy (non-hydrogen) atoms. The molecular formula is C17H19N3O5. The van der Waals surface area contributed by atoms with Gasteiger partial charge in [-0.15, -0.1) is 0 Å². The summed E-state index contributed by atoms with van der Waals surface area (Å²) in [4.78, 5) is 24.1. The van der Waals surface area contributed by atoms with Gasteiger partial charge in [-0.05, 0) is 26.0 Å². The Balaban J connectivity index is 1.53. The number of esters is 1. The number of carbonyl (C=O) groups excluding carboxylic acids is 2. The molecule has 0 radical (unpaired) electrons. The Labute approximate surface area is 144 Å². The molecule has 1 amide bonds. The molecule has 1 atom stereocenters. The van der Waals surface area contributed by atoms with Crippen LogP contribution < -0.4 is 14.8 Å². The van der Waals surface area contributed by atoms with Crippen molar-refractivity contribution in [1.29, 1.82) is 0 Å². The molecule has 1 aliphatic heterocycles. The zero-order valence-electron chi connectivity index (χ0n) is 14.2. The normalized spacial score (nSPS) is 15.6. The van der Waals surface area contributed by atoms with Crippen LogP contribution in [0.3, 0.4) is 0 Å². The third-order valence-electron chi connectivity index (χ3n) is 3.89. The predicted molar refractivity (Wildman–Crippen MR) is 88.6 cm³/mol. The van der Waals surface area contributed by atoms with Gasteiger partial charge in [0.2, 0.25) is 6.10 Å². The summed E-state index contributed by atoms with van der Waals surface area (Å²) in [6.45, 7) is 3.26. The second kappa shape index (κ2) is 6.84. The minimum absolute atomic E-state index is 0.0400. The molecule has 1 N–H and O–H groups in total. The number of hydrogen-bond acceptors (Lipinski definition) is 6. The third-order valence-corrected chi connectivity index (χ3v) is 3.89. The first-order valence-electron chi connectivity index (χ1n) is 7.81. The van der Waals surface area contributed by atoms with Gasteiger partial charge in [-0.3, -0.25) is 9.48 Å². The topological polar surface area (TPSA) is 91.7 Å². The van der Waals surface area contributed by atoms with Gasteiger partial charge in [0.05, 0.1) is 17.1 Å². The van der Waals surface area contributed by atoms with Gasteiger partial charge in [0.15, 0.2) is 18.1 Å². The van der Waals surface area contributed by atoms with Crippen LogP contribution in [0.2, 0.25) is 0 Å². The summed E-state index contributed by atoms with van der Waals surface area (Å²) < 4.78 is 17.7. The van der Waals surface area contributed by atoms with Gasteiger partial charge in [-0.25, -0.2) is 4.79 Å². The van der Waals surface area contributed by atoms with Crippen LogP contribution in [0.15, 0.2) is 24.3 Å². The molecule has 0 fully saturated rings. The summed E-state index contributed by atoms with van der Waals surface area (Å²) in [5.74, 6) is -0.0393. The van der Waals surface area contributed by atoms with Crippen molar-refractivity contribution in [1.82, 2.24) is 9.78 Å². The highest BCUT2D eigenvalue weighted by Crippen LogP contribution is 2.31. The average molecular weight is 345 g/mol. The van der Waals surface area contributed by atoms with Crippen LogP contribution in [0, 0.1) is 13.8 Å². The van der Waals surface area contributed by atoms with Crippen LogP contribution in [0.4, 0.5) is 5.69 Å². The van der Waals surface area contributed by atoms with Crippen LogP contribution in [-0.4, -0.2) is 41.0 Å². The summed E-state index contributed by atoms with van der Waals surface area (Å²) in [5, 5.41) is 6.91. The second-order valence-electron chi connectivity index (χ2n) is 5.69. The first-order valence-corrected chi connectivity index (χ1v) is 7.81. The lowest BCUT2D eigenvalue weighted by Crippen LogP contribution is -2.39. The minimum Gasteiger partial charge on any atom is -0.485 e. The molecule has 2 heterocycles. The maximum Gasteiger partial charge on any atom is 0.351 e. The Morgan fingerprint density at radius 3 is 2.72 bits per heavy atom. The molecule has 132 valence electrons. The first kappa shape index (κ1) is 16.8. The van der Waals surface area contributed by atoms with E-state index in [0.717, 1.165) is 5.69 Å². The highest BCUT2D eigenvalue weighted by Gasteiger charge is 2.29. The number of para-hydroxylation sites is 2. The smallest absolute Gasteiger partial charge is 0.351 e. The molecule has 1 aromatic heterocycles. The SMILES string of the molecule is Cc1nn(C)c(C)c1NC(=O)COC(=O)[C@H]1COc2ccccc2O1. The molecule has 0 aliphatic carbocycles. The molecule has 8 heteroatoms. The van der Waals surface area contributed by atoms with Crippen LogP contribution in [0.1, 0.15) is 11.4 Å². The van der Waals surface area contributed by atoms with Crippen LogP contribution in [0.5, 0.6) is 11.5 Å². The fourth-order valence-corrected chi connectivity index (χ4v) is 2.50. The lowest BCUT2D eigenvalue weighted by Gasteiger charge is -2.24. The number of benzene rings is 1. The van der Waals surface area contributed by atoms with Crippen molar-refractivity contribution in [3.05, 3.63) is 35.7 Å². The van der Waals surface area contributed by atoms with Crippen molar-refractivity contribution in [2.75, 3.05) is 18.5 Å². The van der Waals surface area contributed by atoms with Crippen LogP contribution >= 0.6 is 0 Å². The molecule has 1 aromatic carbocycles. The summed E-state index contributed by atoms with van der Waals surface area (Å²) in [7, 11) is 1.79. The summed E-state index contributed by atoms with van der Waals surface area (Å²) in [6.07, 6.45) is -0.899. The van der Waals surface area contributed by atoms with Crippen molar-refractivity contribution in [3.63, 3.8) is 0 Å². The monoisotopic (exact) mass is 345 g/mol. The molecule has 0 spiro atoms. The Morgan fingerprint density at radius 1 is 1.32 bits per heavy atom. The van der Waals surface area contributed by atoms with Gasteiger partial charge in [0.1, 0.15) is 6.61 Å². The maximum atomic E-state index is 12.1. The minimum atomic E-state index is -0.899. The number of nitrogens with zero attached hydrogens (tertiary/aromatic N) is 2. The molecule has 0 saturated carbocycles. The van der Waals surface area contributed by atoms with Gasteiger partial charge < -0.3 is 19.5 Å². The number of carbonyl (C=O) groups is 2. The summed E-state index contributed by atoms with van der Waals surface area (Å²) in [6, 6.07) is 7.05. The van der Waals surface area contributed by atoms with Crippen LogP contribution in [0.25, 0.3) is 0 Å². The number of nitrogens with one attached hydrogen (secondary N) is 1. The number of fused-ring (bicyclic) bond motifs is 1. The van der Waals surface area contributed by atoms with E-state index < -0.39 is 24.6 Å². The van der Waals surface area contributed by atoms with Crippen molar-refractivity contribution in [2.45, 2.75) is 20.0 Å². The molecule has 0 saturated heterocycles. The van der Waals surface area contributed by atoms with E-state index in [1.54, 1.807) is 36.9 Å². The van der Waals surface area contributed by atoms with Crippen molar-refractivity contribution in [2.24, 2.45) is 7.05 Å². The first-order chi connectivity index (χ1) is 12.0. The lowest BCUT2D eigenvalue weighted by atomic mass is 10.2. The Bertz CT molecular complexity index is 815. The molecule has 2 aromatic rings. The number of rotatable bonds is 4. The molecule has 8 nitrogen and oxygen atoms in total. The Morgan fingerprint density at radius 2 is 2.04 bits per heavy atom. The molecule has 1 aliphatic rings. The van der Waals surface area contributed by atoms with E-state index in [4.69, 9.17) is 14.2 Å². The zero-order valence-corrected chi connectivity index (χ0v) is 14.2. The number of amides is 1. The number of ether oxygens (including phenoxy) is 3. The number of anilines is 1. The Kier molecular flexibility index (Phi) is 4.60. The van der Waals surface area contributed by atoms with Crippen molar-refractivity contribution >= 4 is 17.6 Å². The highest BCUT2D eigenvalue weighted by molar-refractivity contribution is 5.94. The lowest BCUT2D eigenvalue weighted by molar-refractivity contribution is -0.156. The zero-order chi connectivity index (χ0) is 18.0. The van der Waals surface area contributed by atoms with Gasteiger partial charge in [-0.1, -0.05) is 12.1 Å². The largest absolute Gasteiger partial charge is 0.485 e. The van der Waals surface area contributed by atoms with Gasteiger partial charge in [-0.2, -0.15) is 5.10 Å². The maximum absolute atomic E-state index is 12.1. The van der Waals surface area contributed by atoms with Gasteiger partial charge >= 0.3 is 5.97 Å². The Hall–Kier alpha value is -3.03. The van der Waals surface area contributed by atoms with E-state index in [-0.39, 0.29) is 6.61 Å². The number of aryl methyl sites for hydroxylation is 2. The summed E-state index contributed by atoms with van der Waals surface area (Å²) in [5.41, 5.74) is 2.13. The van der Waals surface area contributed by atoms with E-state index in [1.807, 2.05) is 13.0 Å². The number of hydrogen-bond donors (Lipinski definition) is 1. The van der Waals surface area contributed by atoms with E-state index in [0.29, 0.717) is 22.9 Å². The molecule has 3 rings (SSSR count). The standard InChI is InChI=1S/C17H19N3O5/c1-10-16(11(2)20(3)19-10)18-15(21)9-24-17(22)14-8-23-12-6-4-5-7-13(12)25-14/h4-7,14H,8-9H2,1-3H3,(H,18,21)/t14-/m1/s1. The summed E-state index contributed by atoms with van der Waals surface area (Å²) >= 11 is 0. The third kappa shape index (κ3) is 3.57. The van der Waals surface area contributed by atoms with Crippen molar-refractivity contribution < 1.29 is 23.8 Å². The molecule has 0 bridgehead atoms. The van der Waals surface area contributed by atoms with E-state index in [9.17, 15) is 9.59 Å². The van der Waals surface area contributed by atoms with Gasteiger partial charge in [0, 0.05) is 7.05 Å². The predicted octanol–water partition coefficient (Wildman–Crippen LogP) is 1.36. The second-order valence-corrected chi connectivity index (χ2v) is 5.69. The highest BCUT2D eigenvalue weighted by atomic mass is 16.6. The molecule has 0 unspecified atom stereocenters. The van der Waals surface area contributed by atoms with Gasteiger partial charge in [0.25, 0.3) is 5.91 Å². The van der Waals surface area contributed by atoms with E-state index in [1.165, 1.54) is 0 Å². The fraction of sp³-hybridized carbons (Fsp3) is 0.353. The van der Waals surface area contributed by atoms with E-state index in [2.05, 4.69) is 10.4 Å². The average Bonchev–Trinajstić information content (AvgIpc) is 2.85. The fourth-order valence-electron chi connectivity index (χ4n) is 2.50. The number of aromatic nitrogens is 2. The quantitative estimate of drug-likeness (QED) is 0.841.